The SMILES string of the molecule is C=N/C(=C\C=C(/C)Oc1ccc(CNCCC2CCOCC2)cc1C)C(N)=O. The molecule has 0 aliphatic carbocycles. The zero-order valence-electron chi connectivity index (χ0n) is 16.9. The van der Waals surface area contributed by atoms with E-state index in [9.17, 15) is 4.79 Å². The highest BCUT2D eigenvalue weighted by atomic mass is 16.5. The largest absolute Gasteiger partial charge is 0.462 e. The maximum atomic E-state index is 11.1. The molecule has 0 atom stereocenters. The summed E-state index contributed by atoms with van der Waals surface area (Å²) in [5.41, 5.74) is 7.58. The van der Waals surface area contributed by atoms with Gasteiger partial charge in [0.15, 0.2) is 0 Å². The second kappa shape index (κ2) is 11.4. The molecule has 1 aromatic rings. The molecule has 0 unspecified atom stereocenters. The van der Waals surface area contributed by atoms with Gasteiger partial charge in [0.25, 0.3) is 5.91 Å². The Balaban J connectivity index is 1.83. The first-order valence-electron chi connectivity index (χ1n) is 9.70. The van der Waals surface area contributed by atoms with Gasteiger partial charge in [-0.05, 0) is 81.6 Å². The standard InChI is InChI=1S/C22H31N3O3/c1-16-14-19(15-25-11-8-18-9-12-27-13-10-18)5-7-21(16)28-17(2)4-6-20(24-3)22(23)26/h4-7,14,18,25H,3,8-13,15H2,1-2H3,(H2,23,26)/b17-4+,20-6-. The lowest BCUT2D eigenvalue weighted by atomic mass is 9.97. The lowest BCUT2D eigenvalue weighted by Gasteiger charge is -2.22. The summed E-state index contributed by atoms with van der Waals surface area (Å²) in [7, 11) is 0. The van der Waals surface area contributed by atoms with Gasteiger partial charge in [0.05, 0.1) is 0 Å². The molecule has 0 bridgehead atoms. The molecular formula is C22H31N3O3. The Kier molecular flexibility index (Phi) is 8.91. The van der Waals surface area contributed by atoms with E-state index in [1.807, 2.05) is 19.9 Å². The average molecular weight is 386 g/mol. The van der Waals surface area contributed by atoms with Crippen LogP contribution in [-0.4, -0.2) is 32.4 Å². The van der Waals surface area contributed by atoms with Crippen molar-refractivity contribution in [2.24, 2.45) is 16.6 Å². The minimum atomic E-state index is -0.621. The van der Waals surface area contributed by atoms with Gasteiger partial charge in [0, 0.05) is 19.8 Å². The number of aryl methyl sites for hydroxylation is 1. The number of aliphatic imine (C=N–C) groups is 1. The van der Waals surface area contributed by atoms with Gasteiger partial charge in [0.2, 0.25) is 0 Å². The van der Waals surface area contributed by atoms with Gasteiger partial charge in [-0.25, -0.2) is 0 Å². The quantitative estimate of drug-likeness (QED) is 0.213. The van der Waals surface area contributed by atoms with Crippen molar-refractivity contribution in [1.82, 2.24) is 5.32 Å². The van der Waals surface area contributed by atoms with Gasteiger partial charge >= 0.3 is 0 Å². The van der Waals surface area contributed by atoms with Crippen molar-refractivity contribution < 1.29 is 14.3 Å². The van der Waals surface area contributed by atoms with Crippen LogP contribution in [-0.2, 0) is 16.1 Å². The minimum Gasteiger partial charge on any atom is -0.462 e. The lowest BCUT2D eigenvalue weighted by Crippen LogP contribution is -2.22. The van der Waals surface area contributed by atoms with Crippen molar-refractivity contribution in [3.05, 3.63) is 52.9 Å². The van der Waals surface area contributed by atoms with Crippen LogP contribution in [0.1, 0.15) is 37.3 Å². The van der Waals surface area contributed by atoms with Crippen molar-refractivity contribution in [3.8, 4) is 5.75 Å². The third kappa shape index (κ3) is 7.29. The maximum Gasteiger partial charge on any atom is 0.267 e. The zero-order valence-corrected chi connectivity index (χ0v) is 16.9. The second-order valence-electron chi connectivity index (χ2n) is 7.07. The molecule has 0 saturated carbocycles. The number of rotatable bonds is 10. The Morgan fingerprint density at radius 3 is 2.79 bits per heavy atom. The molecule has 1 aliphatic heterocycles. The number of hydrogen-bond acceptors (Lipinski definition) is 5. The second-order valence-corrected chi connectivity index (χ2v) is 7.07. The van der Waals surface area contributed by atoms with Gasteiger partial charge in [-0.3, -0.25) is 9.79 Å². The number of allylic oxidation sites excluding steroid dienone is 3. The molecule has 6 nitrogen and oxygen atoms in total. The van der Waals surface area contributed by atoms with Crippen LogP contribution in [0.2, 0.25) is 0 Å². The summed E-state index contributed by atoms with van der Waals surface area (Å²) >= 11 is 0. The molecule has 1 aromatic carbocycles. The summed E-state index contributed by atoms with van der Waals surface area (Å²) < 4.78 is 11.3. The van der Waals surface area contributed by atoms with Crippen LogP contribution in [0, 0.1) is 12.8 Å². The van der Waals surface area contributed by atoms with Crippen molar-refractivity contribution in [3.63, 3.8) is 0 Å². The van der Waals surface area contributed by atoms with E-state index in [1.165, 1.54) is 30.9 Å². The first-order chi connectivity index (χ1) is 13.5. The maximum absolute atomic E-state index is 11.1. The number of carbonyl (C=O) groups is 1. The summed E-state index contributed by atoms with van der Waals surface area (Å²) in [6, 6.07) is 6.15. The molecule has 28 heavy (non-hydrogen) atoms. The topological polar surface area (TPSA) is 85.9 Å². The highest BCUT2D eigenvalue weighted by molar-refractivity contribution is 5.92. The van der Waals surface area contributed by atoms with E-state index < -0.39 is 5.91 Å². The van der Waals surface area contributed by atoms with Crippen LogP contribution in [0.3, 0.4) is 0 Å². The van der Waals surface area contributed by atoms with Gasteiger partial charge in [-0.1, -0.05) is 12.1 Å². The molecule has 0 aromatic heterocycles. The van der Waals surface area contributed by atoms with E-state index >= 15 is 0 Å². The first-order valence-corrected chi connectivity index (χ1v) is 9.70. The minimum absolute atomic E-state index is 0.0989. The number of primary amides is 1. The average Bonchev–Trinajstić information content (AvgIpc) is 2.68. The number of amides is 1. The first kappa shape index (κ1) is 21.9. The molecule has 1 aliphatic rings. The molecule has 1 heterocycles. The number of nitrogens with one attached hydrogen (secondary N) is 1. The van der Waals surface area contributed by atoms with Crippen LogP contribution >= 0.6 is 0 Å². The van der Waals surface area contributed by atoms with E-state index in [0.29, 0.717) is 5.76 Å². The Labute approximate surface area is 167 Å². The fourth-order valence-electron chi connectivity index (χ4n) is 3.13. The van der Waals surface area contributed by atoms with Crippen molar-refractivity contribution in [2.75, 3.05) is 19.8 Å². The summed E-state index contributed by atoms with van der Waals surface area (Å²) in [6.45, 7) is 10.8. The number of benzene rings is 1. The zero-order chi connectivity index (χ0) is 20.4. The van der Waals surface area contributed by atoms with Crippen molar-refractivity contribution in [2.45, 2.75) is 39.7 Å². The summed E-state index contributed by atoms with van der Waals surface area (Å²) in [5, 5.41) is 3.53. The Bertz CT molecular complexity index is 735. The normalized spacial score (nSPS) is 16.1. The molecule has 152 valence electrons. The van der Waals surface area contributed by atoms with Crippen molar-refractivity contribution >= 4 is 12.6 Å². The van der Waals surface area contributed by atoms with Gasteiger partial charge in [0.1, 0.15) is 17.2 Å². The summed E-state index contributed by atoms with van der Waals surface area (Å²) in [6.07, 6.45) is 6.71. The monoisotopic (exact) mass is 385 g/mol. The number of nitrogens with zero attached hydrogens (tertiary/aromatic N) is 1. The third-order valence-corrected chi connectivity index (χ3v) is 4.81. The Morgan fingerprint density at radius 1 is 1.39 bits per heavy atom. The van der Waals surface area contributed by atoms with Crippen LogP contribution in [0.15, 0.2) is 46.8 Å². The molecule has 6 heteroatoms. The van der Waals surface area contributed by atoms with E-state index in [0.717, 1.165) is 43.5 Å². The van der Waals surface area contributed by atoms with Crippen LogP contribution in [0.5, 0.6) is 5.75 Å². The smallest absolute Gasteiger partial charge is 0.267 e. The number of nitrogens with two attached hydrogens (primary N) is 1. The summed E-state index contributed by atoms with van der Waals surface area (Å²) in [5.74, 6) is 1.57. The molecule has 0 radical (unpaired) electrons. The Morgan fingerprint density at radius 2 is 2.14 bits per heavy atom. The van der Waals surface area contributed by atoms with E-state index in [2.05, 4.69) is 29.2 Å². The molecular weight excluding hydrogens is 354 g/mol. The molecule has 1 amide bonds. The molecule has 2 rings (SSSR count). The van der Waals surface area contributed by atoms with Crippen LogP contribution in [0.25, 0.3) is 0 Å². The lowest BCUT2D eigenvalue weighted by molar-refractivity contribution is -0.114. The number of hydrogen-bond donors (Lipinski definition) is 2. The van der Waals surface area contributed by atoms with Gasteiger partial charge in [-0.2, -0.15) is 0 Å². The third-order valence-electron chi connectivity index (χ3n) is 4.81. The Hall–Kier alpha value is -2.44. The summed E-state index contributed by atoms with van der Waals surface area (Å²) in [4.78, 5) is 14.7. The van der Waals surface area contributed by atoms with E-state index in [4.69, 9.17) is 15.2 Å². The van der Waals surface area contributed by atoms with Crippen LogP contribution in [0.4, 0.5) is 0 Å². The van der Waals surface area contributed by atoms with Crippen LogP contribution < -0.4 is 15.8 Å². The molecule has 1 saturated heterocycles. The van der Waals surface area contributed by atoms with E-state index in [-0.39, 0.29) is 5.70 Å². The molecule has 1 fully saturated rings. The number of carbonyl (C=O) groups excluding carboxylic acids is 1. The van der Waals surface area contributed by atoms with Crippen molar-refractivity contribution in [1.29, 1.82) is 0 Å². The van der Waals surface area contributed by atoms with Gasteiger partial charge in [-0.15, -0.1) is 0 Å². The molecule has 3 N–H and O–H groups in total. The highest BCUT2D eigenvalue weighted by Gasteiger charge is 2.12. The predicted octanol–water partition coefficient (Wildman–Crippen LogP) is 3.25. The fraction of sp³-hybridized carbons (Fsp3) is 0.455. The molecule has 0 spiro atoms. The number of ether oxygens (including phenoxy) is 2. The fourth-order valence-corrected chi connectivity index (χ4v) is 3.13. The van der Waals surface area contributed by atoms with E-state index in [1.54, 1.807) is 6.08 Å². The predicted molar refractivity (Wildman–Crippen MR) is 112 cm³/mol. The van der Waals surface area contributed by atoms with Gasteiger partial charge < -0.3 is 20.5 Å². The highest BCUT2D eigenvalue weighted by Crippen LogP contribution is 2.22.